The molecule has 94 valence electrons. The molecule has 0 spiro atoms. The summed E-state index contributed by atoms with van der Waals surface area (Å²) in [6.45, 7) is 6.54. The Kier molecular flexibility index (Phi) is 3.53. The van der Waals surface area contributed by atoms with E-state index in [0.717, 1.165) is 29.8 Å². The average Bonchev–Trinajstić information content (AvgIpc) is 2.59. The second-order valence-electron chi connectivity index (χ2n) is 4.62. The summed E-state index contributed by atoms with van der Waals surface area (Å²) in [5.41, 5.74) is 1.37. The van der Waals surface area contributed by atoms with Gasteiger partial charge in [0.2, 0.25) is 0 Å². The number of carbonyl (C=O) groups excluding carboxylic acids is 1. The molecule has 0 aliphatic carbocycles. The molecular formula is C11H17BrN4O. The molecule has 2 heterocycles. The number of halogens is 1. The molecule has 6 heteroatoms. The van der Waals surface area contributed by atoms with Gasteiger partial charge >= 0.3 is 0 Å². The van der Waals surface area contributed by atoms with E-state index < -0.39 is 0 Å². The number of likely N-dealkylation sites (N-methyl/N-ethyl adjacent to an activating group) is 1. The maximum atomic E-state index is 12.3. The van der Waals surface area contributed by atoms with Gasteiger partial charge in [0.15, 0.2) is 5.69 Å². The van der Waals surface area contributed by atoms with Crippen LogP contribution >= 0.6 is 15.9 Å². The topological polar surface area (TPSA) is 52.2 Å². The van der Waals surface area contributed by atoms with Crippen LogP contribution in [0.15, 0.2) is 4.47 Å². The van der Waals surface area contributed by atoms with Gasteiger partial charge in [-0.2, -0.15) is 5.10 Å². The van der Waals surface area contributed by atoms with Crippen LogP contribution in [0, 0.1) is 6.92 Å². The van der Waals surface area contributed by atoms with Gasteiger partial charge in [0.05, 0.1) is 4.47 Å². The van der Waals surface area contributed by atoms with Crippen LogP contribution in [0.4, 0.5) is 0 Å². The third-order valence-corrected chi connectivity index (χ3v) is 4.14. The maximum absolute atomic E-state index is 12.3. The highest BCUT2D eigenvalue weighted by Crippen LogP contribution is 2.21. The highest BCUT2D eigenvalue weighted by atomic mass is 79.9. The number of aryl methyl sites for hydroxylation is 1. The summed E-state index contributed by atoms with van der Waals surface area (Å²) >= 11 is 3.40. The van der Waals surface area contributed by atoms with Crippen molar-refractivity contribution in [2.75, 3.05) is 26.7 Å². The first-order valence-corrected chi connectivity index (χ1v) is 6.50. The van der Waals surface area contributed by atoms with E-state index >= 15 is 0 Å². The highest BCUT2D eigenvalue weighted by molar-refractivity contribution is 9.10. The summed E-state index contributed by atoms with van der Waals surface area (Å²) in [6.07, 6.45) is 0. The van der Waals surface area contributed by atoms with Gasteiger partial charge in [-0.1, -0.05) is 0 Å². The Morgan fingerprint density at radius 3 is 2.76 bits per heavy atom. The first kappa shape index (κ1) is 12.6. The van der Waals surface area contributed by atoms with Crippen LogP contribution in [0.3, 0.4) is 0 Å². The number of aromatic amines is 1. The predicted octanol–water partition coefficient (Wildman–Crippen LogP) is 1.26. The summed E-state index contributed by atoms with van der Waals surface area (Å²) in [4.78, 5) is 16.5. The SMILES string of the molecule is Cc1[nH]nc(C(=O)N2CCN(C)C[C@@H]2C)c1Br. The van der Waals surface area contributed by atoms with Crippen LogP contribution in [0.2, 0.25) is 0 Å². The molecule has 0 saturated carbocycles. The largest absolute Gasteiger partial charge is 0.332 e. The number of H-pyrrole nitrogens is 1. The molecule has 1 aromatic rings. The minimum absolute atomic E-state index is 0.00169. The van der Waals surface area contributed by atoms with Crippen LogP contribution < -0.4 is 0 Å². The number of carbonyl (C=O) groups is 1. The number of amides is 1. The zero-order valence-electron chi connectivity index (χ0n) is 10.3. The zero-order valence-corrected chi connectivity index (χ0v) is 11.9. The van der Waals surface area contributed by atoms with Crippen LogP contribution in [-0.4, -0.2) is 58.6 Å². The Labute approximate surface area is 109 Å². The summed E-state index contributed by atoms with van der Waals surface area (Å²) < 4.78 is 0.772. The number of piperazine rings is 1. The fourth-order valence-corrected chi connectivity index (χ4v) is 2.48. The van der Waals surface area contributed by atoms with E-state index in [1.807, 2.05) is 11.8 Å². The van der Waals surface area contributed by atoms with E-state index in [0.29, 0.717) is 5.69 Å². The monoisotopic (exact) mass is 300 g/mol. The van der Waals surface area contributed by atoms with E-state index in [4.69, 9.17) is 0 Å². The molecule has 1 atom stereocenters. The molecule has 1 amide bonds. The number of nitrogens with zero attached hydrogens (tertiary/aromatic N) is 3. The number of hydrogen-bond donors (Lipinski definition) is 1. The van der Waals surface area contributed by atoms with E-state index in [1.54, 1.807) is 0 Å². The van der Waals surface area contributed by atoms with E-state index in [1.165, 1.54) is 0 Å². The van der Waals surface area contributed by atoms with Gasteiger partial charge < -0.3 is 9.80 Å². The molecule has 5 nitrogen and oxygen atoms in total. The minimum Gasteiger partial charge on any atom is -0.332 e. The molecule has 1 saturated heterocycles. The molecule has 0 aromatic carbocycles. The van der Waals surface area contributed by atoms with Gasteiger partial charge in [-0.15, -0.1) is 0 Å². The Balaban J connectivity index is 2.18. The highest BCUT2D eigenvalue weighted by Gasteiger charge is 2.29. The Morgan fingerprint density at radius 1 is 1.53 bits per heavy atom. The zero-order chi connectivity index (χ0) is 12.6. The van der Waals surface area contributed by atoms with E-state index in [-0.39, 0.29) is 11.9 Å². The average molecular weight is 301 g/mol. The lowest BCUT2D eigenvalue weighted by molar-refractivity contribution is 0.0527. The lowest BCUT2D eigenvalue weighted by Gasteiger charge is -2.37. The van der Waals surface area contributed by atoms with Crippen LogP contribution in [0.1, 0.15) is 23.1 Å². The Morgan fingerprint density at radius 2 is 2.24 bits per heavy atom. The number of hydrogen-bond acceptors (Lipinski definition) is 3. The molecule has 1 fully saturated rings. The van der Waals surface area contributed by atoms with Crippen molar-refractivity contribution in [1.29, 1.82) is 0 Å². The summed E-state index contributed by atoms with van der Waals surface area (Å²) in [5.74, 6) is 0.00169. The van der Waals surface area contributed by atoms with Crippen molar-refractivity contribution in [3.05, 3.63) is 15.9 Å². The molecule has 1 N–H and O–H groups in total. The first-order chi connectivity index (χ1) is 8.00. The van der Waals surface area contributed by atoms with Crippen molar-refractivity contribution in [2.24, 2.45) is 0 Å². The second-order valence-corrected chi connectivity index (χ2v) is 5.41. The molecule has 1 aliphatic heterocycles. The predicted molar refractivity (Wildman–Crippen MR) is 69.0 cm³/mol. The minimum atomic E-state index is 0.00169. The van der Waals surface area contributed by atoms with Crippen molar-refractivity contribution in [3.8, 4) is 0 Å². The Bertz CT molecular complexity index is 431. The molecule has 0 radical (unpaired) electrons. The number of rotatable bonds is 1. The van der Waals surface area contributed by atoms with Gasteiger partial charge in [-0.05, 0) is 36.8 Å². The lowest BCUT2D eigenvalue weighted by atomic mass is 10.2. The molecule has 1 aromatic heterocycles. The molecule has 1 aliphatic rings. The Hall–Kier alpha value is -0.880. The maximum Gasteiger partial charge on any atom is 0.275 e. The van der Waals surface area contributed by atoms with E-state index in [2.05, 4.69) is 45.0 Å². The third kappa shape index (κ3) is 2.37. The van der Waals surface area contributed by atoms with E-state index in [9.17, 15) is 4.79 Å². The third-order valence-electron chi connectivity index (χ3n) is 3.17. The lowest BCUT2D eigenvalue weighted by Crippen LogP contribution is -2.52. The van der Waals surface area contributed by atoms with Crippen molar-refractivity contribution in [2.45, 2.75) is 19.9 Å². The van der Waals surface area contributed by atoms with Crippen LogP contribution in [0.25, 0.3) is 0 Å². The van der Waals surface area contributed by atoms with Gasteiger partial charge in [-0.3, -0.25) is 9.89 Å². The summed E-state index contributed by atoms with van der Waals surface area (Å²) in [5, 5.41) is 6.89. The molecular weight excluding hydrogens is 284 g/mol. The summed E-state index contributed by atoms with van der Waals surface area (Å²) in [7, 11) is 2.08. The fraction of sp³-hybridized carbons (Fsp3) is 0.636. The van der Waals surface area contributed by atoms with Crippen molar-refractivity contribution in [1.82, 2.24) is 20.0 Å². The quantitative estimate of drug-likeness (QED) is 0.849. The first-order valence-electron chi connectivity index (χ1n) is 5.70. The van der Waals surface area contributed by atoms with Crippen molar-refractivity contribution >= 4 is 21.8 Å². The normalized spacial score (nSPS) is 21.9. The van der Waals surface area contributed by atoms with Gasteiger partial charge in [0.25, 0.3) is 5.91 Å². The van der Waals surface area contributed by atoms with Crippen LogP contribution in [0.5, 0.6) is 0 Å². The fourth-order valence-electron chi connectivity index (χ4n) is 2.13. The molecule has 0 bridgehead atoms. The molecule has 0 unspecified atom stereocenters. The summed E-state index contributed by atoms with van der Waals surface area (Å²) in [6, 6.07) is 0.227. The number of aromatic nitrogens is 2. The molecule has 2 rings (SSSR count). The van der Waals surface area contributed by atoms with Crippen molar-refractivity contribution < 1.29 is 4.79 Å². The van der Waals surface area contributed by atoms with Gasteiger partial charge in [0, 0.05) is 31.4 Å². The number of nitrogens with one attached hydrogen (secondary N) is 1. The standard InChI is InChI=1S/C11H17BrN4O/c1-7-6-15(3)4-5-16(7)11(17)10-9(12)8(2)13-14-10/h7H,4-6H2,1-3H3,(H,13,14)/t7-/m0/s1. The van der Waals surface area contributed by atoms with Crippen LogP contribution in [-0.2, 0) is 0 Å². The molecule has 17 heavy (non-hydrogen) atoms. The van der Waals surface area contributed by atoms with Gasteiger partial charge in [0.1, 0.15) is 0 Å². The second kappa shape index (κ2) is 4.78. The van der Waals surface area contributed by atoms with Crippen molar-refractivity contribution in [3.63, 3.8) is 0 Å². The van der Waals surface area contributed by atoms with Gasteiger partial charge in [-0.25, -0.2) is 0 Å². The smallest absolute Gasteiger partial charge is 0.275 e.